The van der Waals surface area contributed by atoms with E-state index in [-0.39, 0.29) is 79.4 Å². The molecule has 9 rings (SSSR count). The number of amides is 2. The summed E-state index contributed by atoms with van der Waals surface area (Å²) in [4.78, 5) is 40.7. The van der Waals surface area contributed by atoms with Gasteiger partial charge in [-0.05, 0) is 56.2 Å². The Morgan fingerprint density at radius 1 is 1.13 bits per heavy atom. The molecule has 8 bridgehead atoms. The van der Waals surface area contributed by atoms with E-state index >= 15 is 0 Å². The van der Waals surface area contributed by atoms with Gasteiger partial charge in [0.05, 0.1) is 62.2 Å². The second-order valence-electron chi connectivity index (χ2n) is 12.7. The molecule has 1 saturated heterocycles. The van der Waals surface area contributed by atoms with Crippen LogP contribution in [0.1, 0.15) is 52.4 Å². The first kappa shape index (κ1) is 37.7. The van der Waals surface area contributed by atoms with Crippen LogP contribution in [0.2, 0.25) is 0 Å². The molecule has 5 aliphatic rings. The fraction of sp³-hybridized carbons (Fsp3) is 0.382. The summed E-state index contributed by atoms with van der Waals surface area (Å²) in [6.07, 6.45) is -2.41. The summed E-state index contributed by atoms with van der Waals surface area (Å²) in [5.74, 6) is -1.71. The molecule has 0 aliphatic carbocycles. The minimum atomic E-state index is -4.88. The van der Waals surface area contributed by atoms with Gasteiger partial charge in [0, 0.05) is 31.5 Å². The van der Waals surface area contributed by atoms with Gasteiger partial charge in [-0.1, -0.05) is 6.07 Å². The summed E-state index contributed by atoms with van der Waals surface area (Å²) >= 11 is 0. The van der Waals surface area contributed by atoms with Crippen LogP contribution in [0.5, 0.6) is 5.75 Å². The molecule has 4 aromatic rings. The van der Waals surface area contributed by atoms with Gasteiger partial charge < -0.3 is 44.3 Å². The van der Waals surface area contributed by atoms with Gasteiger partial charge in [0.1, 0.15) is 22.8 Å². The highest BCUT2D eigenvalue weighted by atomic mass is 31.2. The third-order valence-corrected chi connectivity index (χ3v) is 10.5. The molecular weight excluding hydrogens is 720 g/mol. The molecular formula is C34H38F3N8O7P. The number of likely N-dealkylation sites (tertiary alicyclic amines) is 1. The summed E-state index contributed by atoms with van der Waals surface area (Å²) < 4.78 is 75.2. The zero-order valence-corrected chi connectivity index (χ0v) is 30.2. The largest absolute Gasteiger partial charge is 0.495 e. The van der Waals surface area contributed by atoms with Crippen LogP contribution in [0.25, 0.3) is 11.3 Å². The number of halogens is 3. The Kier molecular flexibility index (Phi) is 10.5. The first-order valence-electron chi connectivity index (χ1n) is 16.6. The lowest BCUT2D eigenvalue weighted by Crippen LogP contribution is -2.61. The zero-order valence-electron chi connectivity index (χ0n) is 29.3. The van der Waals surface area contributed by atoms with Gasteiger partial charge in [-0.2, -0.15) is 18.2 Å². The van der Waals surface area contributed by atoms with Gasteiger partial charge in [0.2, 0.25) is 5.95 Å². The monoisotopic (exact) mass is 758 g/mol. The predicted molar refractivity (Wildman–Crippen MR) is 188 cm³/mol. The number of benzene rings is 1. The highest BCUT2D eigenvalue weighted by Gasteiger charge is 2.41. The van der Waals surface area contributed by atoms with Crippen molar-refractivity contribution < 1.29 is 46.2 Å². The lowest BCUT2D eigenvalue weighted by molar-refractivity contribution is -0.137. The molecule has 53 heavy (non-hydrogen) atoms. The number of β-amino-alcohol motifs (C(OH)–C–C–N with tert-alkyl or cyclic N) is 1. The van der Waals surface area contributed by atoms with Crippen LogP contribution >= 0.6 is 7.60 Å². The van der Waals surface area contributed by atoms with Gasteiger partial charge in [-0.3, -0.25) is 14.2 Å². The maximum Gasteiger partial charge on any atom is 0.421 e. The topological polar surface area (TPSA) is 182 Å². The summed E-state index contributed by atoms with van der Waals surface area (Å²) in [5.41, 5.74) is -0.785. The number of rotatable bonds is 5. The Bertz CT molecular complexity index is 2080. The minimum absolute atomic E-state index is 0.0145. The fourth-order valence-electron chi connectivity index (χ4n) is 6.03. The first-order chi connectivity index (χ1) is 25.1. The fourth-order valence-corrected chi connectivity index (χ4v) is 7.73. The summed E-state index contributed by atoms with van der Waals surface area (Å²) in [6, 6.07) is 9.24. The van der Waals surface area contributed by atoms with Crippen molar-refractivity contribution in [3.05, 3.63) is 71.3 Å². The Labute approximate surface area is 302 Å². The van der Waals surface area contributed by atoms with E-state index < -0.39 is 36.7 Å². The number of alkyl halides is 3. The van der Waals surface area contributed by atoms with E-state index in [1.165, 1.54) is 31.2 Å². The standard InChI is InChI=1S/C34H38F3N8O7P/c1-5-51-53(49)17-20-7-8-24(27(13-20)50-4)42-32-39-15-22(34(35,36)37)29(43-32)41-25-10-9-23(40-28(25)30(46)38-3)21-14-26(44(16-21)11-6-12-52-53)31(47)45-18-33(2,48)19-45/h7-10,13-16,48H,5-6,11-12,17-19H2,1-4H3,(H,38,46)(H2,39,41,42,43)/t53-/m1/s1. The van der Waals surface area contributed by atoms with Crippen LogP contribution in [0.3, 0.4) is 0 Å². The second-order valence-corrected chi connectivity index (χ2v) is 14.8. The maximum atomic E-state index is 14.2. The Balaban J connectivity index is 1.47. The van der Waals surface area contributed by atoms with Crippen LogP contribution in [0, 0.1) is 0 Å². The number of anilines is 4. The number of carbonyl (C=O) groups excluding carboxylic acids is 2. The van der Waals surface area contributed by atoms with E-state index in [0.717, 1.165) is 0 Å². The maximum absolute atomic E-state index is 14.2. The quantitative estimate of drug-likeness (QED) is 0.186. The van der Waals surface area contributed by atoms with Crippen LogP contribution in [-0.4, -0.2) is 87.4 Å². The summed E-state index contributed by atoms with van der Waals surface area (Å²) in [6.45, 7) is 3.93. The van der Waals surface area contributed by atoms with Crippen molar-refractivity contribution in [1.29, 1.82) is 0 Å². The van der Waals surface area contributed by atoms with E-state index in [2.05, 4.69) is 30.9 Å². The van der Waals surface area contributed by atoms with Crippen LogP contribution in [0.15, 0.2) is 48.8 Å². The summed E-state index contributed by atoms with van der Waals surface area (Å²) in [5, 5.41) is 18.2. The molecule has 4 N–H and O–H groups in total. The van der Waals surface area contributed by atoms with Crippen molar-refractivity contribution in [3.63, 3.8) is 0 Å². The number of methoxy groups -OCH3 is 1. The molecule has 0 radical (unpaired) electrons. The van der Waals surface area contributed by atoms with Crippen molar-refractivity contribution in [2.24, 2.45) is 0 Å². The lowest BCUT2D eigenvalue weighted by atomic mass is 9.96. The molecule has 1 aromatic carbocycles. The molecule has 1 fully saturated rings. The molecule has 19 heteroatoms. The van der Waals surface area contributed by atoms with Gasteiger partial charge in [0.25, 0.3) is 11.8 Å². The van der Waals surface area contributed by atoms with Gasteiger partial charge in [-0.15, -0.1) is 0 Å². The zero-order chi connectivity index (χ0) is 38.1. The Morgan fingerprint density at radius 2 is 1.89 bits per heavy atom. The molecule has 15 nitrogen and oxygen atoms in total. The third kappa shape index (κ3) is 8.30. The van der Waals surface area contributed by atoms with Gasteiger partial charge in [-0.25, -0.2) is 9.97 Å². The van der Waals surface area contributed by atoms with Gasteiger partial charge >= 0.3 is 13.8 Å². The molecule has 0 unspecified atom stereocenters. The number of carbonyl (C=O) groups is 2. The van der Waals surface area contributed by atoms with E-state index in [4.69, 9.17) is 13.8 Å². The Hall–Kier alpha value is -5.03. The van der Waals surface area contributed by atoms with Crippen molar-refractivity contribution >= 4 is 42.6 Å². The third-order valence-electron chi connectivity index (χ3n) is 8.49. The van der Waals surface area contributed by atoms with E-state index in [1.54, 1.807) is 48.9 Å². The highest BCUT2D eigenvalue weighted by molar-refractivity contribution is 7.53. The number of aryl methyl sites for hydroxylation is 1. The van der Waals surface area contributed by atoms with Crippen LogP contribution < -0.4 is 20.7 Å². The highest BCUT2D eigenvalue weighted by Crippen LogP contribution is 2.52. The molecule has 3 aromatic heterocycles. The smallest absolute Gasteiger partial charge is 0.421 e. The molecule has 1 atom stereocenters. The van der Waals surface area contributed by atoms with Crippen LogP contribution in [-0.2, 0) is 32.5 Å². The number of aliphatic hydroxyl groups is 1. The van der Waals surface area contributed by atoms with Crippen molar-refractivity contribution in [1.82, 2.24) is 29.7 Å². The predicted octanol–water partition coefficient (Wildman–Crippen LogP) is 5.57. The molecule has 0 saturated carbocycles. The van der Waals surface area contributed by atoms with Crippen LogP contribution in [0.4, 0.5) is 36.3 Å². The number of hydrogen-bond donors (Lipinski definition) is 4. The number of hydrogen-bond acceptors (Lipinski definition) is 12. The van der Waals surface area contributed by atoms with E-state index in [9.17, 15) is 32.4 Å². The normalized spacial score (nSPS) is 18.5. The van der Waals surface area contributed by atoms with Gasteiger partial charge in [0.15, 0.2) is 5.69 Å². The second kappa shape index (κ2) is 14.8. The molecule has 8 heterocycles. The molecule has 5 aliphatic heterocycles. The van der Waals surface area contributed by atoms with E-state index in [0.29, 0.717) is 29.4 Å². The van der Waals surface area contributed by atoms with Crippen molar-refractivity contribution in [3.8, 4) is 17.0 Å². The number of ether oxygens (including phenoxy) is 1. The number of pyridine rings is 1. The molecule has 0 spiro atoms. The van der Waals surface area contributed by atoms with Crippen molar-refractivity contribution in [2.45, 2.75) is 44.8 Å². The Morgan fingerprint density at radius 3 is 2.57 bits per heavy atom. The summed E-state index contributed by atoms with van der Waals surface area (Å²) in [7, 11) is -0.949. The first-order valence-corrected chi connectivity index (χ1v) is 18.3. The molecule has 282 valence electrons. The number of nitrogens with zero attached hydrogens (tertiary/aromatic N) is 5. The minimum Gasteiger partial charge on any atom is -0.495 e. The average molecular weight is 759 g/mol. The lowest BCUT2D eigenvalue weighted by Gasteiger charge is -2.44. The van der Waals surface area contributed by atoms with E-state index in [1.807, 2.05) is 0 Å². The number of nitrogens with one attached hydrogen (secondary N) is 3. The SMILES string of the molecule is CCO[P@]1(=O)Cc2ccc(c(OC)c2)Nc2ncc(C(F)(F)F)c(n2)Nc2ccc(nc2C(=O)NC)-c2cc(C(=O)N3CC(C)(O)C3)n(c2)CCCO1. The average Bonchev–Trinajstić information content (AvgIpc) is 3.52. The number of aromatic nitrogens is 4. The molecule has 2 amide bonds. The van der Waals surface area contributed by atoms with Crippen molar-refractivity contribution in [2.75, 3.05) is 51.1 Å².